The molecule has 0 aromatic carbocycles. The van der Waals surface area contributed by atoms with E-state index >= 15 is 0 Å². The standard InChI is InChI=1S/C11H15N3S/c1-4-9-7-12-14-10(15-5-2)6-8(3)13-11(9)14/h6-7H,4-5H2,1-3H3. The molecule has 0 radical (unpaired) electrons. The van der Waals surface area contributed by atoms with E-state index in [4.69, 9.17) is 0 Å². The lowest BCUT2D eigenvalue weighted by Crippen LogP contribution is -1.97. The lowest BCUT2D eigenvalue weighted by molar-refractivity contribution is 0.834. The van der Waals surface area contributed by atoms with Crippen molar-refractivity contribution in [2.24, 2.45) is 0 Å². The fourth-order valence-electron chi connectivity index (χ4n) is 1.60. The number of hydrogen-bond donors (Lipinski definition) is 0. The van der Waals surface area contributed by atoms with E-state index in [1.54, 1.807) is 11.8 Å². The highest BCUT2D eigenvalue weighted by Gasteiger charge is 2.08. The van der Waals surface area contributed by atoms with Gasteiger partial charge in [-0.15, -0.1) is 11.8 Å². The van der Waals surface area contributed by atoms with Gasteiger partial charge in [0.2, 0.25) is 0 Å². The molecule has 0 unspecified atom stereocenters. The van der Waals surface area contributed by atoms with Crippen LogP contribution in [0.25, 0.3) is 5.65 Å². The summed E-state index contributed by atoms with van der Waals surface area (Å²) in [6, 6.07) is 2.09. The lowest BCUT2D eigenvalue weighted by atomic mass is 10.3. The molecule has 2 aromatic rings. The molecule has 2 heterocycles. The summed E-state index contributed by atoms with van der Waals surface area (Å²) in [5.41, 5.74) is 3.29. The van der Waals surface area contributed by atoms with Crippen molar-refractivity contribution < 1.29 is 0 Å². The Labute approximate surface area is 93.9 Å². The van der Waals surface area contributed by atoms with E-state index in [9.17, 15) is 0 Å². The van der Waals surface area contributed by atoms with E-state index in [2.05, 4.69) is 30.0 Å². The van der Waals surface area contributed by atoms with Crippen molar-refractivity contribution in [3.8, 4) is 0 Å². The first-order valence-electron chi connectivity index (χ1n) is 5.23. The van der Waals surface area contributed by atoms with Crippen LogP contribution in [0.15, 0.2) is 17.3 Å². The van der Waals surface area contributed by atoms with Crippen LogP contribution in [0.4, 0.5) is 0 Å². The molecule has 0 N–H and O–H groups in total. The summed E-state index contributed by atoms with van der Waals surface area (Å²) in [7, 11) is 0. The van der Waals surface area contributed by atoms with Gasteiger partial charge in [-0.1, -0.05) is 13.8 Å². The minimum absolute atomic E-state index is 0.982. The van der Waals surface area contributed by atoms with Gasteiger partial charge in [-0.05, 0) is 25.2 Å². The molecule has 0 bridgehead atoms. The van der Waals surface area contributed by atoms with Crippen molar-refractivity contribution in [2.45, 2.75) is 32.2 Å². The SMILES string of the molecule is CCSc1cc(C)nc2c(CC)cnn12. The van der Waals surface area contributed by atoms with E-state index in [1.807, 2.05) is 17.6 Å². The highest BCUT2D eigenvalue weighted by atomic mass is 32.2. The summed E-state index contributed by atoms with van der Waals surface area (Å²) in [5, 5.41) is 5.56. The van der Waals surface area contributed by atoms with E-state index in [1.165, 1.54) is 10.6 Å². The molecule has 3 nitrogen and oxygen atoms in total. The number of aromatic nitrogens is 3. The van der Waals surface area contributed by atoms with E-state index < -0.39 is 0 Å². The number of fused-ring (bicyclic) bond motifs is 1. The van der Waals surface area contributed by atoms with Crippen LogP contribution < -0.4 is 0 Å². The number of nitrogens with zero attached hydrogens (tertiary/aromatic N) is 3. The largest absolute Gasteiger partial charge is 0.234 e. The third-order valence-electron chi connectivity index (χ3n) is 2.31. The molecule has 2 rings (SSSR count). The zero-order chi connectivity index (χ0) is 10.8. The lowest BCUT2D eigenvalue weighted by Gasteiger charge is -2.04. The third-order valence-corrected chi connectivity index (χ3v) is 3.19. The van der Waals surface area contributed by atoms with Gasteiger partial charge in [0, 0.05) is 11.3 Å². The molecular formula is C11H15N3S. The van der Waals surface area contributed by atoms with Crippen molar-refractivity contribution in [3.63, 3.8) is 0 Å². The monoisotopic (exact) mass is 221 g/mol. The topological polar surface area (TPSA) is 30.2 Å². The Morgan fingerprint density at radius 1 is 1.40 bits per heavy atom. The molecule has 15 heavy (non-hydrogen) atoms. The first-order chi connectivity index (χ1) is 7.26. The van der Waals surface area contributed by atoms with Gasteiger partial charge in [0.15, 0.2) is 5.65 Å². The average molecular weight is 221 g/mol. The molecule has 0 saturated carbocycles. The van der Waals surface area contributed by atoms with Gasteiger partial charge in [-0.25, -0.2) is 9.50 Å². The predicted octanol–water partition coefficient (Wildman–Crippen LogP) is 2.71. The highest BCUT2D eigenvalue weighted by molar-refractivity contribution is 7.99. The van der Waals surface area contributed by atoms with Gasteiger partial charge in [-0.2, -0.15) is 5.10 Å². The molecule has 0 aliphatic heterocycles. The number of thioether (sulfide) groups is 1. The van der Waals surface area contributed by atoms with Gasteiger partial charge < -0.3 is 0 Å². The Bertz CT molecular complexity index is 476. The molecule has 0 amide bonds. The molecule has 0 atom stereocenters. The highest BCUT2D eigenvalue weighted by Crippen LogP contribution is 2.21. The van der Waals surface area contributed by atoms with Crippen LogP contribution in [0.3, 0.4) is 0 Å². The van der Waals surface area contributed by atoms with E-state index in [-0.39, 0.29) is 0 Å². The van der Waals surface area contributed by atoms with Crippen LogP contribution in [0.2, 0.25) is 0 Å². The predicted molar refractivity (Wildman–Crippen MR) is 63.5 cm³/mol. The van der Waals surface area contributed by atoms with Gasteiger partial charge in [0.1, 0.15) is 5.03 Å². The van der Waals surface area contributed by atoms with E-state index in [0.717, 1.165) is 23.5 Å². The van der Waals surface area contributed by atoms with Crippen LogP contribution in [0, 0.1) is 6.92 Å². The summed E-state index contributed by atoms with van der Waals surface area (Å²) < 4.78 is 1.94. The fraction of sp³-hybridized carbons (Fsp3) is 0.455. The summed E-state index contributed by atoms with van der Waals surface area (Å²) in [6.45, 7) is 6.32. The third kappa shape index (κ3) is 1.86. The van der Waals surface area contributed by atoms with E-state index in [0.29, 0.717) is 0 Å². The van der Waals surface area contributed by atoms with Crippen molar-refractivity contribution in [1.29, 1.82) is 0 Å². The quantitative estimate of drug-likeness (QED) is 0.589. The first kappa shape index (κ1) is 10.5. The average Bonchev–Trinajstić information content (AvgIpc) is 2.61. The van der Waals surface area contributed by atoms with Gasteiger partial charge >= 0.3 is 0 Å². The van der Waals surface area contributed by atoms with Gasteiger partial charge in [-0.3, -0.25) is 0 Å². The van der Waals surface area contributed by atoms with Crippen LogP contribution in [0.5, 0.6) is 0 Å². The molecular weight excluding hydrogens is 206 g/mol. The van der Waals surface area contributed by atoms with Crippen molar-refractivity contribution in [1.82, 2.24) is 14.6 Å². The number of hydrogen-bond acceptors (Lipinski definition) is 3. The Hall–Kier alpha value is -1.03. The second kappa shape index (κ2) is 4.23. The maximum Gasteiger partial charge on any atom is 0.159 e. The number of rotatable bonds is 3. The van der Waals surface area contributed by atoms with Crippen molar-refractivity contribution in [3.05, 3.63) is 23.5 Å². The Balaban J connectivity index is 2.65. The van der Waals surface area contributed by atoms with Gasteiger partial charge in [0.05, 0.1) is 6.20 Å². The molecule has 4 heteroatoms. The normalized spacial score (nSPS) is 11.1. The minimum atomic E-state index is 0.982. The smallest absolute Gasteiger partial charge is 0.159 e. The molecule has 80 valence electrons. The summed E-state index contributed by atoms with van der Waals surface area (Å²) >= 11 is 1.80. The summed E-state index contributed by atoms with van der Waals surface area (Å²) in [6.07, 6.45) is 2.90. The zero-order valence-electron chi connectivity index (χ0n) is 9.32. The maximum absolute atomic E-state index is 4.54. The molecule has 2 aromatic heterocycles. The van der Waals surface area contributed by atoms with Crippen LogP contribution >= 0.6 is 11.8 Å². The Morgan fingerprint density at radius 3 is 2.87 bits per heavy atom. The Morgan fingerprint density at radius 2 is 2.20 bits per heavy atom. The molecule has 0 aliphatic carbocycles. The second-order valence-electron chi connectivity index (χ2n) is 3.43. The molecule has 0 aliphatic rings. The number of aryl methyl sites for hydroxylation is 2. The summed E-state index contributed by atoms with van der Waals surface area (Å²) in [4.78, 5) is 4.54. The molecule has 0 saturated heterocycles. The maximum atomic E-state index is 4.54. The van der Waals surface area contributed by atoms with Crippen molar-refractivity contribution in [2.75, 3.05) is 5.75 Å². The van der Waals surface area contributed by atoms with Crippen LogP contribution in [-0.2, 0) is 6.42 Å². The zero-order valence-corrected chi connectivity index (χ0v) is 10.1. The van der Waals surface area contributed by atoms with Gasteiger partial charge in [0.25, 0.3) is 0 Å². The molecule has 0 fully saturated rings. The molecule has 0 spiro atoms. The summed E-state index contributed by atoms with van der Waals surface area (Å²) in [5.74, 6) is 1.06. The van der Waals surface area contributed by atoms with Crippen LogP contribution in [0.1, 0.15) is 25.1 Å². The minimum Gasteiger partial charge on any atom is -0.234 e. The fourth-order valence-corrected chi connectivity index (χ4v) is 2.40. The second-order valence-corrected chi connectivity index (χ2v) is 4.71. The first-order valence-corrected chi connectivity index (χ1v) is 6.21. The van der Waals surface area contributed by atoms with Crippen LogP contribution in [-0.4, -0.2) is 20.4 Å². The Kier molecular flexibility index (Phi) is 2.95. The van der Waals surface area contributed by atoms with Crippen molar-refractivity contribution >= 4 is 17.4 Å².